The van der Waals surface area contributed by atoms with Crippen LogP contribution < -0.4 is 0 Å². The van der Waals surface area contributed by atoms with Gasteiger partial charge in [-0.05, 0) is 19.8 Å². The van der Waals surface area contributed by atoms with Crippen molar-refractivity contribution in [3.63, 3.8) is 0 Å². The number of aliphatic hydroxyl groups is 1. The highest BCUT2D eigenvalue weighted by atomic mass is 16.5. The van der Waals surface area contributed by atoms with Crippen LogP contribution in [0.5, 0.6) is 0 Å². The molecule has 3 nitrogen and oxygen atoms in total. The Kier molecular flexibility index (Phi) is 3.83. The van der Waals surface area contributed by atoms with Crippen LogP contribution in [0.4, 0.5) is 0 Å². The zero-order valence-corrected chi connectivity index (χ0v) is 6.95. The molecule has 66 valence electrons. The van der Waals surface area contributed by atoms with Gasteiger partial charge in [-0.1, -0.05) is 0 Å². The minimum Gasteiger partial charge on any atom is -0.391 e. The summed E-state index contributed by atoms with van der Waals surface area (Å²) in [5, 5.41) is 8.86. The third-order valence-corrected chi connectivity index (χ3v) is 1.69. The molecule has 0 saturated carbocycles. The fourth-order valence-corrected chi connectivity index (χ4v) is 1.15. The number of ether oxygens (including phenoxy) is 2. The molecule has 11 heavy (non-hydrogen) atoms. The van der Waals surface area contributed by atoms with Gasteiger partial charge in [0.25, 0.3) is 0 Å². The van der Waals surface area contributed by atoms with Crippen molar-refractivity contribution >= 4 is 0 Å². The third-order valence-electron chi connectivity index (χ3n) is 1.69. The van der Waals surface area contributed by atoms with Crippen molar-refractivity contribution in [3.05, 3.63) is 0 Å². The van der Waals surface area contributed by atoms with E-state index in [9.17, 15) is 0 Å². The number of rotatable bonds is 4. The molecule has 1 aliphatic rings. The van der Waals surface area contributed by atoms with Crippen LogP contribution in [0.15, 0.2) is 0 Å². The standard InChI is InChI=1S/C8H16O3/c1-7(9)5-10-6-8-3-2-4-11-8/h7-9H,2-6H2,1H3/t7-,8-/m1/s1. The fraction of sp³-hybridized carbons (Fsp3) is 1.00. The highest BCUT2D eigenvalue weighted by Crippen LogP contribution is 2.11. The minimum absolute atomic E-state index is 0.272. The zero-order valence-electron chi connectivity index (χ0n) is 6.95. The van der Waals surface area contributed by atoms with Crippen molar-refractivity contribution in [2.24, 2.45) is 0 Å². The molecule has 0 amide bonds. The number of hydrogen-bond donors (Lipinski definition) is 1. The predicted octanol–water partition coefficient (Wildman–Crippen LogP) is 0.563. The van der Waals surface area contributed by atoms with Crippen LogP contribution in [0.3, 0.4) is 0 Å². The molecule has 0 unspecified atom stereocenters. The number of hydrogen-bond acceptors (Lipinski definition) is 3. The largest absolute Gasteiger partial charge is 0.391 e. The quantitative estimate of drug-likeness (QED) is 0.653. The zero-order chi connectivity index (χ0) is 8.10. The summed E-state index contributed by atoms with van der Waals surface area (Å²) in [6, 6.07) is 0. The van der Waals surface area contributed by atoms with Gasteiger partial charge in [0, 0.05) is 6.61 Å². The normalized spacial score (nSPS) is 27.3. The van der Waals surface area contributed by atoms with Gasteiger partial charge in [-0.25, -0.2) is 0 Å². The summed E-state index contributed by atoms with van der Waals surface area (Å²) in [6.07, 6.45) is 2.15. The summed E-state index contributed by atoms with van der Waals surface area (Å²) in [5.41, 5.74) is 0. The molecule has 1 aliphatic heterocycles. The van der Waals surface area contributed by atoms with E-state index in [2.05, 4.69) is 0 Å². The molecule has 0 spiro atoms. The van der Waals surface area contributed by atoms with Crippen LogP contribution in [0.1, 0.15) is 19.8 Å². The Bertz CT molecular complexity index is 97.5. The van der Waals surface area contributed by atoms with Gasteiger partial charge in [0.15, 0.2) is 0 Å². The van der Waals surface area contributed by atoms with E-state index in [0.29, 0.717) is 13.2 Å². The second-order valence-electron chi connectivity index (χ2n) is 3.02. The summed E-state index contributed by atoms with van der Waals surface area (Å²) in [6.45, 7) is 3.63. The molecule has 0 aliphatic carbocycles. The van der Waals surface area contributed by atoms with Gasteiger partial charge in [0.2, 0.25) is 0 Å². The molecule has 0 aromatic carbocycles. The van der Waals surface area contributed by atoms with Gasteiger partial charge in [-0.3, -0.25) is 0 Å². The van der Waals surface area contributed by atoms with Crippen LogP contribution >= 0.6 is 0 Å². The molecule has 0 radical (unpaired) electrons. The summed E-state index contributed by atoms with van der Waals surface area (Å²) in [4.78, 5) is 0. The van der Waals surface area contributed by atoms with Crippen LogP contribution in [0, 0.1) is 0 Å². The van der Waals surface area contributed by atoms with Crippen LogP contribution in [-0.4, -0.2) is 37.1 Å². The van der Waals surface area contributed by atoms with Crippen molar-refractivity contribution in [1.82, 2.24) is 0 Å². The number of aliphatic hydroxyl groups excluding tert-OH is 1. The molecule has 0 bridgehead atoms. The molecular weight excluding hydrogens is 144 g/mol. The van der Waals surface area contributed by atoms with Gasteiger partial charge < -0.3 is 14.6 Å². The Labute approximate surface area is 67.3 Å². The SMILES string of the molecule is C[C@@H](O)COC[C@H]1CCCO1. The van der Waals surface area contributed by atoms with E-state index in [1.165, 1.54) is 0 Å². The second kappa shape index (κ2) is 4.70. The minimum atomic E-state index is -0.364. The van der Waals surface area contributed by atoms with Crippen molar-refractivity contribution in [3.8, 4) is 0 Å². The molecule has 1 saturated heterocycles. The van der Waals surface area contributed by atoms with E-state index in [4.69, 9.17) is 14.6 Å². The van der Waals surface area contributed by atoms with E-state index in [1.807, 2.05) is 0 Å². The monoisotopic (exact) mass is 160 g/mol. The molecule has 2 atom stereocenters. The van der Waals surface area contributed by atoms with E-state index in [1.54, 1.807) is 6.92 Å². The van der Waals surface area contributed by atoms with Gasteiger partial charge in [0.05, 0.1) is 25.4 Å². The molecular formula is C8H16O3. The van der Waals surface area contributed by atoms with Crippen LogP contribution in [0.2, 0.25) is 0 Å². The van der Waals surface area contributed by atoms with Gasteiger partial charge >= 0.3 is 0 Å². The van der Waals surface area contributed by atoms with Crippen LogP contribution in [0.25, 0.3) is 0 Å². The van der Waals surface area contributed by atoms with Gasteiger partial charge in [0.1, 0.15) is 0 Å². The topological polar surface area (TPSA) is 38.7 Å². The summed E-state index contributed by atoms with van der Waals surface area (Å²) in [7, 11) is 0. The van der Waals surface area contributed by atoms with E-state index >= 15 is 0 Å². The molecule has 1 fully saturated rings. The van der Waals surface area contributed by atoms with Crippen molar-refractivity contribution in [2.45, 2.75) is 32.0 Å². The average molecular weight is 160 g/mol. The first-order valence-corrected chi connectivity index (χ1v) is 4.16. The van der Waals surface area contributed by atoms with Crippen molar-refractivity contribution in [1.29, 1.82) is 0 Å². The maximum absolute atomic E-state index is 8.86. The molecule has 3 heteroatoms. The lowest BCUT2D eigenvalue weighted by molar-refractivity contribution is -0.0124. The summed E-state index contributed by atoms with van der Waals surface area (Å²) >= 11 is 0. The average Bonchev–Trinajstić information content (AvgIpc) is 2.39. The lowest BCUT2D eigenvalue weighted by Gasteiger charge is -2.10. The molecule has 0 aromatic heterocycles. The maximum Gasteiger partial charge on any atom is 0.0809 e. The predicted molar refractivity (Wildman–Crippen MR) is 41.5 cm³/mol. The Balaban J connectivity index is 1.94. The summed E-state index contributed by atoms with van der Waals surface area (Å²) < 4.78 is 10.5. The first-order valence-electron chi connectivity index (χ1n) is 4.16. The first-order chi connectivity index (χ1) is 5.29. The highest BCUT2D eigenvalue weighted by Gasteiger charge is 2.15. The second-order valence-corrected chi connectivity index (χ2v) is 3.02. The molecule has 1 heterocycles. The molecule has 0 aromatic rings. The van der Waals surface area contributed by atoms with E-state index in [0.717, 1.165) is 19.4 Å². The smallest absolute Gasteiger partial charge is 0.0809 e. The molecule has 1 N–H and O–H groups in total. The van der Waals surface area contributed by atoms with Gasteiger partial charge in [-0.15, -0.1) is 0 Å². The lowest BCUT2D eigenvalue weighted by atomic mass is 10.2. The molecule has 1 rings (SSSR count). The lowest BCUT2D eigenvalue weighted by Crippen LogP contribution is -2.18. The van der Waals surface area contributed by atoms with Crippen molar-refractivity contribution < 1.29 is 14.6 Å². The van der Waals surface area contributed by atoms with E-state index < -0.39 is 0 Å². The first kappa shape index (κ1) is 8.97. The fourth-order valence-electron chi connectivity index (χ4n) is 1.15. The highest BCUT2D eigenvalue weighted by molar-refractivity contribution is 4.63. The van der Waals surface area contributed by atoms with Gasteiger partial charge in [-0.2, -0.15) is 0 Å². The third kappa shape index (κ3) is 3.70. The van der Waals surface area contributed by atoms with E-state index in [-0.39, 0.29) is 12.2 Å². The Morgan fingerprint density at radius 1 is 1.73 bits per heavy atom. The van der Waals surface area contributed by atoms with Crippen LogP contribution in [-0.2, 0) is 9.47 Å². The van der Waals surface area contributed by atoms with Crippen molar-refractivity contribution in [2.75, 3.05) is 19.8 Å². The summed E-state index contributed by atoms with van der Waals surface area (Å²) in [5.74, 6) is 0. The Morgan fingerprint density at radius 3 is 3.09 bits per heavy atom. The Morgan fingerprint density at radius 2 is 2.55 bits per heavy atom. The maximum atomic E-state index is 8.86. The Hall–Kier alpha value is -0.120.